The Morgan fingerprint density at radius 2 is 1.79 bits per heavy atom. The second-order valence-corrected chi connectivity index (χ2v) is 6.53. The van der Waals surface area contributed by atoms with Crippen molar-refractivity contribution < 1.29 is 38.1 Å². The van der Waals surface area contributed by atoms with E-state index in [0.717, 1.165) is 6.92 Å². The summed E-state index contributed by atoms with van der Waals surface area (Å²) in [5.41, 5.74) is 0.859. The molecule has 0 saturated heterocycles. The number of fused-ring (bicyclic) bond motifs is 1. The van der Waals surface area contributed by atoms with E-state index in [2.05, 4.69) is 4.74 Å². The van der Waals surface area contributed by atoms with Gasteiger partial charge in [-0.1, -0.05) is 13.0 Å². The lowest BCUT2D eigenvalue weighted by atomic mass is 9.96. The standard InChI is InChI=1S/C20H19NO8/c1-10-6-5-7-14-17(10)28-18-15(21(14)11(2)22)8-9-16(26-12(3)23)19(18)29-20(25)27-13(4)24/h5,7-10H,6H2,1-4H3. The van der Waals surface area contributed by atoms with E-state index in [0.29, 0.717) is 17.9 Å². The highest BCUT2D eigenvalue weighted by Gasteiger charge is 2.36. The van der Waals surface area contributed by atoms with Crippen molar-refractivity contribution in [3.05, 3.63) is 35.7 Å². The van der Waals surface area contributed by atoms with Crippen LogP contribution >= 0.6 is 0 Å². The van der Waals surface area contributed by atoms with Crippen molar-refractivity contribution in [2.45, 2.75) is 34.1 Å². The number of nitrogens with zero attached hydrogens (tertiary/aromatic N) is 1. The Bertz CT molecular complexity index is 975. The number of hydrogen-bond acceptors (Lipinski definition) is 8. The molecule has 1 heterocycles. The smallest absolute Gasteiger partial charge is 0.453 e. The minimum atomic E-state index is -1.33. The minimum Gasteiger partial charge on any atom is -0.453 e. The zero-order valence-electron chi connectivity index (χ0n) is 16.3. The number of ether oxygens (including phenoxy) is 4. The monoisotopic (exact) mass is 401 g/mol. The Labute approximate surface area is 166 Å². The number of carbonyl (C=O) groups is 4. The van der Waals surface area contributed by atoms with E-state index in [9.17, 15) is 19.2 Å². The molecule has 1 amide bonds. The van der Waals surface area contributed by atoms with Gasteiger partial charge in [-0.25, -0.2) is 4.79 Å². The summed E-state index contributed by atoms with van der Waals surface area (Å²) in [6.45, 7) is 5.52. The van der Waals surface area contributed by atoms with Crippen LogP contribution in [0.3, 0.4) is 0 Å². The fourth-order valence-corrected chi connectivity index (χ4v) is 3.10. The summed E-state index contributed by atoms with van der Waals surface area (Å²) in [4.78, 5) is 48.3. The van der Waals surface area contributed by atoms with Gasteiger partial charge in [0.25, 0.3) is 0 Å². The highest BCUT2D eigenvalue weighted by Crippen LogP contribution is 2.51. The Balaban J connectivity index is 2.16. The molecule has 1 aliphatic heterocycles. The van der Waals surface area contributed by atoms with Gasteiger partial charge in [0, 0.05) is 26.7 Å². The molecule has 3 rings (SSSR count). The molecule has 1 aliphatic carbocycles. The van der Waals surface area contributed by atoms with Gasteiger partial charge in [-0.3, -0.25) is 19.3 Å². The molecule has 0 fully saturated rings. The molecule has 152 valence electrons. The van der Waals surface area contributed by atoms with E-state index >= 15 is 0 Å². The Kier molecular flexibility index (Phi) is 5.40. The average Bonchev–Trinajstić information content (AvgIpc) is 2.61. The molecular formula is C20H19NO8. The van der Waals surface area contributed by atoms with Gasteiger partial charge in [0.2, 0.25) is 11.7 Å². The van der Waals surface area contributed by atoms with Crippen molar-refractivity contribution in [3.63, 3.8) is 0 Å². The quantitative estimate of drug-likeness (QED) is 0.322. The molecule has 0 saturated carbocycles. The van der Waals surface area contributed by atoms with Gasteiger partial charge in [0.1, 0.15) is 5.76 Å². The molecule has 0 radical (unpaired) electrons. The molecule has 0 aromatic heterocycles. The number of rotatable bonds is 2. The Morgan fingerprint density at radius 3 is 2.41 bits per heavy atom. The molecule has 0 spiro atoms. The number of allylic oxidation sites excluding steroid dienone is 3. The van der Waals surface area contributed by atoms with Crippen LogP contribution in [0.25, 0.3) is 0 Å². The van der Waals surface area contributed by atoms with Crippen LogP contribution in [0.4, 0.5) is 10.5 Å². The third-order valence-electron chi connectivity index (χ3n) is 4.20. The molecule has 1 unspecified atom stereocenters. The summed E-state index contributed by atoms with van der Waals surface area (Å²) in [5.74, 6) is -1.79. The SMILES string of the molecule is CC(=O)OC(=O)Oc1c(OC(C)=O)ccc2c1OC1=C(C=CCC1C)N2C(C)=O. The van der Waals surface area contributed by atoms with Crippen LogP contribution in [-0.2, 0) is 19.1 Å². The van der Waals surface area contributed by atoms with Gasteiger partial charge in [-0.05, 0) is 24.6 Å². The third kappa shape index (κ3) is 3.98. The third-order valence-corrected chi connectivity index (χ3v) is 4.20. The topological polar surface area (TPSA) is 108 Å². The Hall–Kier alpha value is -3.62. The molecule has 9 heteroatoms. The predicted octanol–water partition coefficient (Wildman–Crippen LogP) is 3.23. The largest absolute Gasteiger partial charge is 0.522 e. The first-order chi connectivity index (χ1) is 13.7. The predicted molar refractivity (Wildman–Crippen MR) is 99.3 cm³/mol. The number of benzene rings is 1. The van der Waals surface area contributed by atoms with E-state index in [1.165, 1.54) is 30.9 Å². The number of anilines is 1. The van der Waals surface area contributed by atoms with Crippen LogP contribution in [0.2, 0.25) is 0 Å². The average molecular weight is 401 g/mol. The number of amides is 1. The second kappa shape index (κ2) is 7.78. The van der Waals surface area contributed by atoms with Crippen LogP contribution in [0.5, 0.6) is 17.2 Å². The first kappa shape index (κ1) is 20.1. The van der Waals surface area contributed by atoms with E-state index in [-0.39, 0.29) is 34.8 Å². The highest BCUT2D eigenvalue weighted by molar-refractivity contribution is 5.99. The normalized spacial score (nSPS) is 17.0. The second-order valence-electron chi connectivity index (χ2n) is 6.53. The fourth-order valence-electron chi connectivity index (χ4n) is 3.10. The van der Waals surface area contributed by atoms with Crippen molar-refractivity contribution in [2.24, 2.45) is 5.92 Å². The maximum absolute atomic E-state index is 12.4. The molecule has 2 aliphatic rings. The van der Waals surface area contributed by atoms with Gasteiger partial charge >= 0.3 is 18.1 Å². The van der Waals surface area contributed by atoms with Crippen LogP contribution in [0, 0.1) is 5.92 Å². The number of carbonyl (C=O) groups excluding carboxylic acids is 4. The molecule has 1 atom stereocenters. The van der Waals surface area contributed by atoms with Gasteiger partial charge in [0.05, 0.1) is 11.4 Å². The summed E-state index contributed by atoms with van der Waals surface area (Å²) in [6, 6.07) is 2.87. The number of hydrogen-bond donors (Lipinski definition) is 0. The summed E-state index contributed by atoms with van der Waals surface area (Å²) in [5, 5.41) is 0. The van der Waals surface area contributed by atoms with E-state index in [1.54, 1.807) is 6.08 Å². The highest BCUT2D eigenvalue weighted by atomic mass is 16.7. The van der Waals surface area contributed by atoms with Gasteiger partial charge in [0.15, 0.2) is 11.5 Å². The van der Waals surface area contributed by atoms with Gasteiger partial charge in [-0.2, -0.15) is 0 Å². The van der Waals surface area contributed by atoms with Gasteiger partial charge < -0.3 is 18.9 Å². The lowest BCUT2D eigenvalue weighted by Crippen LogP contribution is -2.34. The van der Waals surface area contributed by atoms with Crippen molar-refractivity contribution >= 4 is 29.7 Å². The van der Waals surface area contributed by atoms with Crippen LogP contribution in [0.15, 0.2) is 35.7 Å². The van der Waals surface area contributed by atoms with Crippen LogP contribution in [-0.4, -0.2) is 24.0 Å². The summed E-state index contributed by atoms with van der Waals surface area (Å²) in [7, 11) is 0. The molecule has 0 N–H and O–H groups in total. The van der Waals surface area contributed by atoms with Crippen LogP contribution < -0.4 is 19.1 Å². The van der Waals surface area contributed by atoms with Crippen molar-refractivity contribution in [1.29, 1.82) is 0 Å². The summed E-state index contributed by atoms with van der Waals surface area (Å²) < 4.78 is 20.7. The molecule has 1 aromatic rings. The lowest BCUT2D eigenvalue weighted by molar-refractivity contribution is -0.136. The molecule has 9 nitrogen and oxygen atoms in total. The molecule has 1 aromatic carbocycles. The van der Waals surface area contributed by atoms with Crippen molar-refractivity contribution in [2.75, 3.05) is 4.90 Å². The maximum Gasteiger partial charge on any atom is 0.522 e. The lowest BCUT2D eigenvalue weighted by Gasteiger charge is -2.35. The molecule has 0 bridgehead atoms. The van der Waals surface area contributed by atoms with Crippen LogP contribution in [0.1, 0.15) is 34.1 Å². The number of esters is 2. The summed E-state index contributed by atoms with van der Waals surface area (Å²) in [6.07, 6.45) is 3.08. The van der Waals surface area contributed by atoms with Crippen molar-refractivity contribution in [3.8, 4) is 17.2 Å². The molecular weight excluding hydrogens is 382 g/mol. The zero-order valence-corrected chi connectivity index (χ0v) is 16.3. The fraction of sp³-hybridized carbons (Fsp3) is 0.300. The molecule has 29 heavy (non-hydrogen) atoms. The zero-order chi connectivity index (χ0) is 21.3. The van der Waals surface area contributed by atoms with E-state index < -0.39 is 18.1 Å². The first-order valence-electron chi connectivity index (χ1n) is 8.84. The summed E-state index contributed by atoms with van der Waals surface area (Å²) >= 11 is 0. The van der Waals surface area contributed by atoms with E-state index in [1.807, 2.05) is 13.0 Å². The first-order valence-corrected chi connectivity index (χ1v) is 8.84. The Morgan fingerprint density at radius 1 is 1.07 bits per heavy atom. The maximum atomic E-state index is 12.4. The van der Waals surface area contributed by atoms with Gasteiger partial charge in [-0.15, -0.1) is 0 Å². The van der Waals surface area contributed by atoms with Crippen molar-refractivity contribution in [1.82, 2.24) is 0 Å². The minimum absolute atomic E-state index is 0.000326. The van der Waals surface area contributed by atoms with E-state index in [4.69, 9.17) is 14.2 Å².